The molecule has 288 valence electrons. The summed E-state index contributed by atoms with van der Waals surface area (Å²) in [5.41, 5.74) is 0. The number of carbonyl (C=O) groups is 3. The number of carbonyl (C=O) groups excluding carboxylic acids is 3. The van der Waals surface area contributed by atoms with Gasteiger partial charge < -0.3 is 83.1 Å². The topological polar surface area (TPSA) is 285 Å². The number of hydrogen-bond acceptors (Lipinski definition) is 20. The van der Waals surface area contributed by atoms with E-state index in [1.165, 1.54) is 27.7 Å². The highest BCUT2D eigenvalue weighted by molar-refractivity contribution is 5.67. The van der Waals surface area contributed by atoms with Gasteiger partial charge in [-0.05, 0) is 27.7 Å². The van der Waals surface area contributed by atoms with E-state index in [1.54, 1.807) is 0 Å². The monoisotopic (exact) mass is 728 g/mol. The smallest absolute Gasteiger partial charge is 0.303 e. The van der Waals surface area contributed by atoms with Crippen molar-refractivity contribution >= 4 is 17.9 Å². The third-order valence-corrected chi connectivity index (χ3v) is 8.86. The van der Waals surface area contributed by atoms with E-state index in [9.17, 15) is 50.1 Å². The quantitative estimate of drug-likeness (QED) is 0.0881. The van der Waals surface area contributed by atoms with Crippen LogP contribution in [-0.2, 0) is 61.8 Å². The van der Waals surface area contributed by atoms with Crippen LogP contribution in [-0.4, -0.2) is 176 Å². The zero-order valence-corrected chi connectivity index (χ0v) is 28.5. The molecular weight excluding hydrogens is 680 g/mol. The lowest BCUT2D eigenvalue weighted by Gasteiger charge is -2.50. The summed E-state index contributed by atoms with van der Waals surface area (Å²) in [6.45, 7) is 8.99. The highest BCUT2D eigenvalue weighted by Gasteiger charge is 2.57. The van der Waals surface area contributed by atoms with Gasteiger partial charge in [-0.3, -0.25) is 14.4 Å². The van der Waals surface area contributed by atoms with Crippen molar-refractivity contribution in [1.82, 2.24) is 0 Å². The van der Waals surface area contributed by atoms with Gasteiger partial charge in [0, 0.05) is 20.8 Å². The Morgan fingerprint density at radius 2 is 0.820 bits per heavy atom. The third-order valence-electron chi connectivity index (χ3n) is 8.86. The fourth-order valence-electron chi connectivity index (χ4n) is 6.32. The second kappa shape index (κ2) is 16.7. The normalized spacial score (nSPS) is 48.4. The lowest BCUT2D eigenvalue weighted by Crippen LogP contribution is -2.67. The summed E-state index contributed by atoms with van der Waals surface area (Å²) in [6.07, 6.45) is -30.1. The van der Waals surface area contributed by atoms with Gasteiger partial charge >= 0.3 is 17.9 Å². The SMILES string of the molecule is CC(=O)O[C@@H]1[C@@H](O[C@@H]2O[C@@H](C)[C@H](O)[C@@H](O)[C@H]2O)[C@@H](OC(C)=O)[C@H](O[C@H]2[C@@H](O)[C@H](O[C@@H]3[C@@H](O)[C@@H](O)C(O)O[C@H]3C)O[C@@H](C)[C@@H]2OC(C)=O)O[C@H]1C. The van der Waals surface area contributed by atoms with Crippen molar-refractivity contribution in [2.75, 3.05) is 0 Å². The van der Waals surface area contributed by atoms with Crippen LogP contribution in [0.3, 0.4) is 0 Å². The first kappa shape index (κ1) is 40.6. The van der Waals surface area contributed by atoms with Gasteiger partial charge in [0.05, 0.1) is 24.4 Å². The average Bonchev–Trinajstić information content (AvgIpc) is 3.02. The Bertz CT molecular complexity index is 1170. The molecule has 4 aliphatic rings. The lowest BCUT2D eigenvalue weighted by molar-refractivity contribution is -0.384. The van der Waals surface area contributed by atoms with Crippen LogP contribution in [0.1, 0.15) is 48.5 Å². The van der Waals surface area contributed by atoms with Crippen LogP contribution in [0.25, 0.3) is 0 Å². The van der Waals surface area contributed by atoms with Crippen LogP contribution in [0, 0.1) is 0 Å². The number of ether oxygens (including phenoxy) is 10. The van der Waals surface area contributed by atoms with Gasteiger partial charge in [-0.2, -0.15) is 0 Å². The molecule has 50 heavy (non-hydrogen) atoms. The summed E-state index contributed by atoms with van der Waals surface area (Å²) in [4.78, 5) is 36.7. The molecule has 20 nitrogen and oxygen atoms in total. The van der Waals surface area contributed by atoms with Crippen LogP contribution in [0.15, 0.2) is 0 Å². The molecule has 0 radical (unpaired) electrons. The molecular formula is C30H48O20. The molecule has 0 aromatic heterocycles. The van der Waals surface area contributed by atoms with E-state index in [0.29, 0.717) is 0 Å². The van der Waals surface area contributed by atoms with Crippen LogP contribution in [0.2, 0.25) is 0 Å². The summed E-state index contributed by atoms with van der Waals surface area (Å²) in [5, 5.41) is 73.4. The van der Waals surface area contributed by atoms with E-state index in [1.807, 2.05) is 0 Å². The predicted octanol–water partition coefficient (Wildman–Crippen LogP) is -3.93. The first-order valence-corrected chi connectivity index (χ1v) is 16.2. The second-order valence-electron chi connectivity index (χ2n) is 12.8. The number of aliphatic hydroxyl groups is 7. The van der Waals surface area contributed by atoms with Crippen molar-refractivity contribution in [3.63, 3.8) is 0 Å². The van der Waals surface area contributed by atoms with Gasteiger partial charge in [-0.25, -0.2) is 0 Å². The molecule has 4 saturated heterocycles. The molecule has 0 aliphatic carbocycles. The zero-order chi connectivity index (χ0) is 37.4. The largest absolute Gasteiger partial charge is 0.457 e. The van der Waals surface area contributed by atoms with Crippen molar-refractivity contribution < 1.29 is 97.5 Å². The molecule has 4 fully saturated rings. The molecule has 0 saturated carbocycles. The fourth-order valence-corrected chi connectivity index (χ4v) is 6.32. The zero-order valence-electron chi connectivity index (χ0n) is 28.5. The second-order valence-corrected chi connectivity index (χ2v) is 12.8. The first-order chi connectivity index (χ1) is 23.3. The van der Waals surface area contributed by atoms with E-state index in [-0.39, 0.29) is 0 Å². The van der Waals surface area contributed by atoms with Crippen LogP contribution in [0.5, 0.6) is 0 Å². The minimum absolute atomic E-state index is 0.793. The minimum atomic E-state index is -1.85. The van der Waals surface area contributed by atoms with Crippen molar-refractivity contribution in [3.05, 3.63) is 0 Å². The van der Waals surface area contributed by atoms with Gasteiger partial charge in [0.2, 0.25) is 0 Å². The predicted molar refractivity (Wildman–Crippen MR) is 157 cm³/mol. The van der Waals surface area contributed by atoms with E-state index in [2.05, 4.69) is 0 Å². The summed E-state index contributed by atoms with van der Waals surface area (Å²) in [7, 11) is 0. The first-order valence-electron chi connectivity index (χ1n) is 16.2. The Labute approximate surface area is 286 Å². The fraction of sp³-hybridized carbons (Fsp3) is 0.900. The molecule has 0 amide bonds. The van der Waals surface area contributed by atoms with Crippen LogP contribution in [0.4, 0.5) is 0 Å². The van der Waals surface area contributed by atoms with Gasteiger partial charge in [0.1, 0.15) is 54.9 Å². The number of aliphatic hydroxyl groups excluding tert-OH is 7. The van der Waals surface area contributed by atoms with Gasteiger partial charge in [0.25, 0.3) is 0 Å². The molecule has 4 aliphatic heterocycles. The maximum Gasteiger partial charge on any atom is 0.303 e. The summed E-state index contributed by atoms with van der Waals surface area (Å²) in [5.74, 6) is -2.49. The number of esters is 3. The molecule has 4 heterocycles. The Balaban J connectivity index is 1.67. The van der Waals surface area contributed by atoms with Crippen molar-refractivity contribution in [3.8, 4) is 0 Å². The standard InChI is InChI=1S/C30H48O20/c1-8-15(34)16(35)19(38)28(42-8)50-25-23(46-13(6)32)11(4)44-30(26(25)47-14(7)33)49-24-20(39)29(43-10(3)22(24)45-12(5)31)48-21-9(2)41-27(40)18(37)17(21)36/h8-11,15-30,34-40H,1-7H3/t8-,9-,10-,11-,15-,16+,17-,18+,19+,20+,21-,22-,23-,24-,25+,26+,27?,28-,29-,30-/m0/s1. The lowest BCUT2D eigenvalue weighted by atomic mass is 9.95. The molecule has 20 atom stereocenters. The van der Waals surface area contributed by atoms with E-state index >= 15 is 0 Å². The highest BCUT2D eigenvalue weighted by atomic mass is 16.8. The Kier molecular flexibility index (Phi) is 13.5. The van der Waals surface area contributed by atoms with Gasteiger partial charge in [-0.15, -0.1) is 0 Å². The van der Waals surface area contributed by atoms with Gasteiger partial charge in [-0.1, -0.05) is 0 Å². The third kappa shape index (κ3) is 8.89. The Morgan fingerprint density at radius 1 is 0.400 bits per heavy atom. The minimum Gasteiger partial charge on any atom is -0.457 e. The molecule has 4 rings (SSSR count). The Morgan fingerprint density at radius 3 is 1.38 bits per heavy atom. The Hall–Kier alpha value is -2.15. The molecule has 7 N–H and O–H groups in total. The molecule has 1 unspecified atom stereocenters. The van der Waals surface area contributed by atoms with Gasteiger partial charge in [0.15, 0.2) is 43.5 Å². The maximum absolute atomic E-state index is 12.4. The van der Waals surface area contributed by atoms with E-state index in [0.717, 1.165) is 20.8 Å². The summed E-state index contributed by atoms with van der Waals surface area (Å²) in [6, 6.07) is 0. The molecule has 20 heteroatoms. The van der Waals surface area contributed by atoms with Crippen LogP contribution < -0.4 is 0 Å². The van der Waals surface area contributed by atoms with Crippen molar-refractivity contribution in [1.29, 1.82) is 0 Å². The van der Waals surface area contributed by atoms with E-state index in [4.69, 9.17) is 47.4 Å². The average molecular weight is 729 g/mol. The number of rotatable bonds is 9. The van der Waals surface area contributed by atoms with Crippen LogP contribution >= 0.6 is 0 Å². The molecule has 0 aromatic rings. The molecule has 0 spiro atoms. The highest BCUT2D eigenvalue weighted by Crippen LogP contribution is 2.36. The summed E-state index contributed by atoms with van der Waals surface area (Å²) >= 11 is 0. The number of hydrogen-bond donors (Lipinski definition) is 7. The molecule has 0 aromatic carbocycles. The molecule has 0 bridgehead atoms. The van der Waals surface area contributed by atoms with Crippen molar-refractivity contribution in [2.45, 2.75) is 171 Å². The maximum atomic E-state index is 12.4. The summed E-state index contributed by atoms with van der Waals surface area (Å²) < 4.78 is 57.1. The van der Waals surface area contributed by atoms with E-state index < -0.39 is 141 Å². The van der Waals surface area contributed by atoms with Crippen molar-refractivity contribution in [2.24, 2.45) is 0 Å².